The number of anilines is 1. The second-order valence-electron chi connectivity index (χ2n) is 10.9. The van der Waals surface area contributed by atoms with Crippen molar-refractivity contribution in [1.29, 1.82) is 0 Å². The van der Waals surface area contributed by atoms with Gasteiger partial charge in [-0.25, -0.2) is 14.8 Å². The summed E-state index contributed by atoms with van der Waals surface area (Å²) in [5.41, 5.74) is 2.88. The highest BCUT2D eigenvalue weighted by Crippen LogP contribution is 2.35. The Bertz CT molecular complexity index is 1510. The third kappa shape index (κ3) is 4.89. The molecule has 1 aromatic carbocycles. The second-order valence-corrected chi connectivity index (χ2v) is 10.9. The molecule has 3 fully saturated rings. The number of aromatic nitrogens is 4. The Morgan fingerprint density at radius 1 is 1.02 bits per heavy atom. The van der Waals surface area contributed by atoms with E-state index in [1.165, 1.54) is 0 Å². The van der Waals surface area contributed by atoms with Crippen LogP contribution in [0.25, 0.3) is 11.0 Å². The first-order chi connectivity index (χ1) is 19.6. The van der Waals surface area contributed by atoms with E-state index in [0.717, 1.165) is 79.6 Å². The van der Waals surface area contributed by atoms with Gasteiger partial charge in [-0.1, -0.05) is 6.07 Å². The molecule has 3 aromatic heterocycles. The average molecular weight is 541 g/mol. The van der Waals surface area contributed by atoms with Crippen molar-refractivity contribution in [2.75, 3.05) is 24.6 Å². The number of piperazine rings is 1. The number of fused-ring (bicyclic) bond motifs is 3. The standard InChI is InChI=1S/C30H32N6O4/c37-30(38)20-4-7-26-27(14-20)35(17-25-10-13-39-25)29(33-26)18-34-15-22-5-6-23(16-34)36(22)28-3-1-2-21(32-28)19-40-24-8-11-31-12-9-24/h1-4,7-9,11-12,14,22-23,25H,5-6,10,13,15-19H2,(H,37,38)/t22?,23?,25-/m0/s1. The molecule has 0 saturated carbocycles. The number of imidazole rings is 1. The molecule has 40 heavy (non-hydrogen) atoms. The molecular formula is C30H32N6O4. The SMILES string of the molecule is O=C(O)c1ccc2nc(CN3CC4CCC(C3)N4c3cccc(COc4ccncc4)n3)n(C[C@@H]3CCO3)c2c1. The Labute approximate surface area is 232 Å². The molecule has 2 unspecified atom stereocenters. The molecule has 10 nitrogen and oxygen atoms in total. The molecule has 1 N–H and O–H groups in total. The van der Waals surface area contributed by atoms with Gasteiger partial charge in [-0.05, 0) is 61.7 Å². The molecule has 0 amide bonds. The monoisotopic (exact) mass is 540 g/mol. The molecule has 6 heterocycles. The van der Waals surface area contributed by atoms with Crippen molar-refractivity contribution in [2.24, 2.45) is 0 Å². The summed E-state index contributed by atoms with van der Waals surface area (Å²) in [4.78, 5) is 30.6. The number of carboxylic acid groups (broad SMARTS) is 1. The van der Waals surface area contributed by atoms with E-state index in [-0.39, 0.29) is 11.7 Å². The van der Waals surface area contributed by atoms with Gasteiger partial charge < -0.3 is 24.0 Å². The van der Waals surface area contributed by atoms with Gasteiger partial charge in [0.05, 0.1) is 41.5 Å². The minimum atomic E-state index is -0.926. The van der Waals surface area contributed by atoms with Gasteiger partial charge in [0.1, 0.15) is 24.0 Å². The van der Waals surface area contributed by atoms with Crippen LogP contribution in [0.2, 0.25) is 0 Å². The quantitative estimate of drug-likeness (QED) is 0.340. The Morgan fingerprint density at radius 2 is 1.82 bits per heavy atom. The molecule has 3 saturated heterocycles. The summed E-state index contributed by atoms with van der Waals surface area (Å²) in [5.74, 6) is 1.84. The van der Waals surface area contributed by atoms with E-state index in [2.05, 4.69) is 31.5 Å². The normalized spacial score (nSPS) is 22.4. The van der Waals surface area contributed by atoms with E-state index in [1.54, 1.807) is 24.5 Å². The van der Waals surface area contributed by atoms with Crippen LogP contribution in [0.1, 0.15) is 41.1 Å². The van der Waals surface area contributed by atoms with Crippen LogP contribution in [-0.2, 0) is 24.4 Å². The molecule has 2 bridgehead atoms. The lowest BCUT2D eigenvalue weighted by molar-refractivity contribution is -0.0592. The minimum Gasteiger partial charge on any atom is -0.487 e. The van der Waals surface area contributed by atoms with Gasteiger partial charge in [-0.2, -0.15) is 0 Å². The highest BCUT2D eigenvalue weighted by molar-refractivity contribution is 5.92. The minimum absolute atomic E-state index is 0.151. The number of aromatic carboxylic acids is 1. The molecule has 3 atom stereocenters. The van der Waals surface area contributed by atoms with E-state index >= 15 is 0 Å². The first kappa shape index (κ1) is 25.0. The van der Waals surface area contributed by atoms with E-state index < -0.39 is 5.97 Å². The Hall–Kier alpha value is -4.02. The van der Waals surface area contributed by atoms with Crippen molar-refractivity contribution >= 4 is 22.8 Å². The molecule has 3 aliphatic heterocycles. The summed E-state index contributed by atoms with van der Waals surface area (Å²) in [5, 5.41) is 9.54. The van der Waals surface area contributed by atoms with Gasteiger partial charge in [0.25, 0.3) is 0 Å². The van der Waals surface area contributed by atoms with Gasteiger partial charge in [-0.15, -0.1) is 0 Å². The van der Waals surface area contributed by atoms with Crippen molar-refractivity contribution in [2.45, 2.75) is 57.1 Å². The van der Waals surface area contributed by atoms with Gasteiger partial charge in [-0.3, -0.25) is 9.88 Å². The van der Waals surface area contributed by atoms with Crippen LogP contribution in [0.3, 0.4) is 0 Å². The Kier molecular flexibility index (Phi) is 6.57. The molecular weight excluding hydrogens is 508 g/mol. The van der Waals surface area contributed by atoms with Crippen LogP contribution in [0.15, 0.2) is 60.9 Å². The number of nitrogens with zero attached hydrogens (tertiary/aromatic N) is 6. The lowest BCUT2D eigenvalue weighted by atomic mass is 10.1. The van der Waals surface area contributed by atoms with Crippen LogP contribution in [-0.4, -0.2) is 73.4 Å². The van der Waals surface area contributed by atoms with Crippen LogP contribution in [0, 0.1) is 0 Å². The predicted molar refractivity (Wildman–Crippen MR) is 148 cm³/mol. The fraction of sp³-hybridized carbons (Fsp3) is 0.400. The molecule has 10 heteroatoms. The van der Waals surface area contributed by atoms with E-state index in [9.17, 15) is 9.90 Å². The number of hydrogen-bond donors (Lipinski definition) is 1. The number of carboxylic acids is 1. The Morgan fingerprint density at radius 3 is 2.55 bits per heavy atom. The van der Waals surface area contributed by atoms with Crippen LogP contribution >= 0.6 is 0 Å². The topological polar surface area (TPSA) is 106 Å². The maximum Gasteiger partial charge on any atom is 0.335 e. The number of carbonyl (C=O) groups is 1. The molecule has 3 aliphatic rings. The van der Waals surface area contributed by atoms with Crippen molar-refractivity contribution in [3.8, 4) is 5.75 Å². The van der Waals surface area contributed by atoms with E-state index in [1.807, 2.05) is 24.3 Å². The van der Waals surface area contributed by atoms with Crippen LogP contribution < -0.4 is 9.64 Å². The number of likely N-dealkylation sites (tertiary alicyclic amines) is 1. The number of hydrogen-bond acceptors (Lipinski definition) is 8. The first-order valence-corrected chi connectivity index (χ1v) is 13.9. The molecule has 0 aliphatic carbocycles. The maximum absolute atomic E-state index is 11.6. The van der Waals surface area contributed by atoms with Crippen LogP contribution in [0.4, 0.5) is 5.82 Å². The summed E-state index contributed by atoms with van der Waals surface area (Å²) in [7, 11) is 0. The third-order valence-corrected chi connectivity index (χ3v) is 8.27. The summed E-state index contributed by atoms with van der Waals surface area (Å²) in [6.45, 7) is 4.47. The number of rotatable bonds is 9. The van der Waals surface area contributed by atoms with Gasteiger partial charge >= 0.3 is 5.97 Å². The number of pyridine rings is 2. The fourth-order valence-corrected chi connectivity index (χ4v) is 6.24. The summed E-state index contributed by atoms with van der Waals surface area (Å²) in [6.07, 6.45) is 6.88. The van der Waals surface area contributed by atoms with Crippen molar-refractivity contribution in [3.63, 3.8) is 0 Å². The van der Waals surface area contributed by atoms with Gasteiger partial charge in [0, 0.05) is 44.2 Å². The second kappa shape index (κ2) is 10.5. The van der Waals surface area contributed by atoms with Crippen molar-refractivity contribution < 1.29 is 19.4 Å². The van der Waals surface area contributed by atoms with Crippen molar-refractivity contribution in [3.05, 3.63) is 78.0 Å². The molecule has 206 valence electrons. The molecule has 0 radical (unpaired) electrons. The fourth-order valence-electron chi connectivity index (χ4n) is 6.24. The van der Waals surface area contributed by atoms with E-state index in [0.29, 0.717) is 25.2 Å². The zero-order valence-corrected chi connectivity index (χ0v) is 22.2. The maximum atomic E-state index is 11.6. The number of benzene rings is 1. The average Bonchev–Trinajstić information content (AvgIpc) is 3.42. The van der Waals surface area contributed by atoms with E-state index in [4.69, 9.17) is 19.4 Å². The van der Waals surface area contributed by atoms with Crippen LogP contribution in [0.5, 0.6) is 5.75 Å². The number of ether oxygens (including phenoxy) is 2. The third-order valence-electron chi connectivity index (χ3n) is 8.27. The van der Waals surface area contributed by atoms with Gasteiger partial charge in [0.15, 0.2) is 0 Å². The first-order valence-electron chi connectivity index (χ1n) is 13.9. The lowest BCUT2D eigenvalue weighted by Crippen LogP contribution is -2.54. The summed E-state index contributed by atoms with van der Waals surface area (Å²) >= 11 is 0. The Balaban J connectivity index is 1.08. The highest BCUT2D eigenvalue weighted by Gasteiger charge is 2.41. The van der Waals surface area contributed by atoms with Crippen molar-refractivity contribution in [1.82, 2.24) is 24.4 Å². The molecule has 4 aromatic rings. The predicted octanol–water partition coefficient (Wildman–Crippen LogP) is 3.75. The largest absolute Gasteiger partial charge is 0.487 e. The zero-order valence-electron chi connectivity index (χ0n) is 22.2. The lowest BCUT2D eigenvalue weighted by Gasteiger charge is -2.42. The summed E-state index contributed by atoms with van der Waals surface area (Å²) < 4.78 is 13.8. The van der Waals surface area contributed by atoms with Gasteiger partial charge in [0.2, 0.25) is 0 Å². The highest BCUT2D eigenvalue weighted by atomic mass is 16.5. The zero-order chi connectivity index (χ0) is 27.1. The molecule has 0 spiro atoms. The smallest absolute Gasteiger partial charge is 0.335 e. The summed E-state index contributed by atoms with van der Waals surface area (Å²) in [6, 6.07) is 15.8. The molecule has 7 rings (SSSR count).